The Labute approximate surface area is 78.0 Å². The fourth-order valence-corrected chi connectivity index (χ4v) is 1.52. The Morgan fingerprint density at radius 3 is 2.31 bits per heavy atom. The fraction of sp³-hybridized carbons (Fsp3) is 0.600. The van der Waals surface area contributed by atoms with Crippen LogP contribution >= 0.6 is 0 Å². The molecular weight excluding hydrogens is 168 g/mol. The van der Waals surface area contributed by atoms with E-state index in [1.165, 1.54) is 0 Å². The molecule has 0 amide bonds. The summed E-state index contributed by atoms with van der Waals surface area (Å²) in [6.45, 7) is 8.37. The molecule has 3 nitrogen and oxygen atoms in total. The Bertz CT molecular complexity index is 245. The van der Waals surface area contributed by atoms with Gasteiger partial charge in [0.15, 0.2) is 0 Å². The van der Waals surface area contributed by atoms with Crippen molar-refractivity contribution in [2.24, 2.45) is 5.92 Å². The van der Waals surface area contributed by atoms with Gasteiger partial charge in [0.1, 0.15) is 5.94 Å². The first-order valence-electron chi connectivity index (χ1n) is 4.42. The summed E-state index contributed by atoms with van der Waals surface area (Å²) in [7, 11) is 0. The van der Waals surface area contributed by atoms with Crippen molar-refractivity contribution >= 4 is 5.94 Å². The van der Waals surface area contributed by atoms with Crippen molar-refractivity contribution in [2.45, 2.75) is 19.6 Å². The second kappa shape index (κ2) is 3.88. The highest BCUT2D eigenvalue weighted by atomic mass is 16.7. The molecule has 0 radical (unpaired) electrons. The lowest BCUT2D eigenvalue weighted by Crippen LogP contribution is -2.21. The number of hydrogen-bond acceptors (Lipinski definition) is 3. The molecule has 0 aromatic carbocycles. The van der Waals surface area contributed by atoms with Crippen molar-refractivity contribution in [2.75, 3.05) is 13.2 Å². The minimum atomic E-state index is -0.840. The normalized spacial score (nSPS) is 23.8. The molecule has 1 aliphatic carbocycles. The topological polar surface area (TPSA) is 35.5 Å². The Hall–Kier alpha value is -0.890. The number of carbonyl (C=O) groups excluding carboxylic acids is 1. The Kier molecular flexibility index (Phi) is 3.04. The first-order chi connectivity index (χ1) is 6.26. The maximum Gasteiger partial charge on any atom is 0.213 e. The van der Waals surface area contributed by atoms with Crippen LogP contribution in [0, 0.1) is 5.92 Å². The lowest BCUT2D eigenvalue weighted by atomic mass is 10.4. The highest BCUT2D eigenvalue weighted by Gasteiger charge is 2.63. The lowest BCUT2D eigenvalue weighted by Gasteiger charge is -2.14. The van der Waals surface area contributed by atoms with Crippen LogP contribution in [0.4, 0.5) is 0 Å². The van der Waals surface area contributed by atoms with Crippen molar-refractivity contribution < 1.29 is 14.3 Å². The molecule has 13 heavy (non-hydrogen) atoms. The van der Waals surface area contributed by atoms with Crippen LogP contribution in [0.15, 0.2) is 18.2 Å². The molecule has 72 valence electrons. The Morgan fingerprint density at radius 1 is 1.54 bits per heavy atom. The zero-order chi connectivity index (χ0) is 9.90. The van der Waals surface area contributed by atoms with E-state index in [-0.39, 0.29) is 5.92 Å². The second-order valence-electron chi connectivity index (χ2n) is 2.76. The minimum absolute atomic E-state index is 0.120. The minimum Gasteiger partial charge on any atom is -0.345 e. The summed E-state index contributed by atoms with van der Waals surface area (Å²) in [4.78, 5) is 10.5. The molecular formula is C10H14O3. The molecule has 0 bridgehead atoms. The summed E-state index contributed by atoms with van der Waals surface area (Å²) in [5.41, 5.74) is 0.520. The van der Waals surface area contributed by atoms with Gasteiger partial charge < -0.3 is 9.47 Å². The van der Waals surface area contributed by atoms with E-state index in [0.717, 1.165) is 0 Å². The van der Waals surface area contributed by atoms with E-state index in [1.54, 1.807) is 6.08 Å². The highest BCUT2D eigenvalue weighted by Crippen LogP contribution is 2.52. The molecule has 1 saturated carbocycles. The summed E-state index contributed by atoms with van der Waals surface area (Å²) >= 11 is 0. The van der Waals surface area contributed by atoms with Crippen LogP contribution in [0.25, 0.3) is 0 Å². The van der Waals surface area contributed by atoms with E-state index < -0.39 is 5.79 Å². The maximum atomic E-state index is 10.5. The molecule has 0 aliphatic heterocycles. The van der Waals surface area contributed by atoms with Gasteiger partial charge in [-0.2, -0.15) is 0 Å². The SMILES string of the molecule is C=CC1C(=C=O)C1(OCC)OCC. The van der Waals surface area contributed by atoms with Crippen LogP contribution in [0.5, 0.6) is 0 Å². The van der Waals surface area contributed by atoms with E-state index in [0.29, 0.717) is 18.8 Å². The van der Waals surface area contributed by atoms with Gasteiger partial charge in [-0.3, -0.25) is 0 Å². The molecule has 0 spiro atoms. The van der Waals surface area contributed by atoms with Crippen LogP contribution < -0.4 is 0 Å². The Balaban J connectivity index is 2.82. The van der Waals surface area contributed by atoms with Crippen molar-refractivity contribution in [3.05, 3.63) is 18.2 Å². The van der Waals surface area contributed by atoms with Crippen molar-refractivity contribution in [1.82, 2.24) is 0 Å². The molecule has 0 heterocycles. The lowest BCUT2D eigenvalue weighted by molar-refractivity contribution is -0.158. The van der Waals surface area contributed by atoms with Gasteiger partial charge in [0.25, 0.3) is 0 Å². The summed E-state index contributed by atoms with van der Waals surface area (Å²) in [5.74, 6) is 0.885. The van der Waals surface area contributed by atoms with Gasteiger partial charge >= 0.3 is 0 Å². The van der Waals surface area contributed by atoms with E-state index in [9.17, 15) is 4.79 Å². The molecule has 1 unspecified atom stereocenters. The molecule has 0 aromatic rings. The molecule has 0 saturated heterocycles. The third-order valence-electron chi connectivity index (χ3n) is 2.08. The molecule has 1 fully saturated rings. The summed E-state index contributed by atoms with van der Waals surface area (Å²) in [6, 6.07) is 0. The van der Waals surface area contributed by atoms with Crippen LogP contribution in [0.3, 0.4) is 0 Å². The van der Waals surface area contributed by atoms with Crippen molar-refractivity contribution in [3.8, 4) is 0 Å². The smallest absolute Gasteiger partial charge is 0.213 e. The zero-order valence-electron chi connectivity index (χ0n) is 8.00. The average molecular weight is 182 g/mol. The van der Waals surface area contributed by atoms with Crippen molar-refractivity contribution in [3.63, 3.8) is 0 Å². The standard InChI is InChI=1S/C10H14O3/c1-4-8-9(7-11)10(8,12-5-2)13-6-3/h4,8H,1,5-6H2,2-3H3. The number of ether oxygens (including phenoxy) is 2. The highest BCUT2D eigenvalue weighted by molar-refractivity contribution is 5.67. The summed E-state index contributed by atoms with van der Waals surface area (Å²) in [6.07, 6.45) is 1.66. The monoisotopic (exact) mass is 182 g/mol. The van der Waals surface area contributed by atoms with Gasteiger partial charge in [0.05, 0.1) is 11.5 Å². The van der Waals surface area contributed by atoms with E-state index >= 15 is 0 Å². The molecule has 1 rings (SSSR count). The van der Waals surface area contributed by atoms with Gasteiger partial charge in [0, 0.05) is 13.2 Å². The van der Waals surface area contributed by atoms with Gasteiger partial charge in [-0.25, -0.2) is 4.79 Å². The molecule has 1 atom stereocenters. The third-order valence-corrected chi connectivity index (χ3v) is 2.08. The van der Waals surface area contributed by atoms with Gasteiger partial charge in [-0.1, -0.05) is 6.08 Å². The fourth-order valence-electron chi connectivity index (χ4n) is 1.52. The maximum absolute atomic E-state index is 10.5. The molecule has 0 N–H and O–H groups in total. The second-order valence-corrected chi connectivity index (χ2v) is 2.76. The third kappa shape index (κ3) is 1.46. The molecule has 3 heteroatoms. The number of rotatable bonds is 5. The Morgan fingerprint density at radius 2 is 2.08 bits per heavy atom. The quantitative estimate of drug-likeness (QED) is 0.365. The molecule has 1 aliphatic rings. The van der Waals surface area contributed by atoms with Gasteiger partial charge in [-0.05, 0) is 13.8 Å². The van der Waals surface area contributed by atoms with Crippen LogP contribution in [0.2, 0.25) is 0 Å². The van der Waals surface area contributed by atoms with E-state index in [4.69, 9.17) is 9.47 Å². The summed E-state index contributed by atoms with van der Waals surface area (Å²) in [5, 5.41) is 0. The molecule has 0 aromatic heterocycles. The number of hydrogen-bond donors (Lipinski definition) is 0. The van der Waals surface area contributed by atoms with E-state index in [1.807, 2.05) is 19.8 Å². The van der Waals surface area contributed by atoms with Crippen LogP contribution in [0.1, 0.15) is 13.8 Å². The van der Waals surface area contributed by atoms with Gasteiger partial charge in [-0.15, -0.1) is 6.58 Å². The van der Waals surface area contributed by atoms with Crippen LogP contribution in [-0.4, -0.2) is 24.9 Å². The largest absolute Gasteiger partial charge is 0.345 e. The first-order valence-corrected chi connectivity index (χ1v) is 4.42. The van der Waals surface area contributed by atoms with Gasteiger partial charge in [0.2, 0.25) is 5.79 Å². The average Bonchev–Trinajstić information content (AvgIpc) is 2.73. The van der Waals surface area contributed by atoms with E-state index in [2.05, 4.69) is 6.58 Å². The predicted molar refractivity (Wildman–Crippen MR) is 48.9 cm³/mol. The summed E-state index contributed by atoms with van der Waals surface area (Å²) < 4.78 is 10.8. The first kappa shape index (κ1) is 10.2. The predicted octanol–water partition coefficient (Wildman–Crippen LogP) is 1.33. The zero-order valence-corrected chi connectivity index (χ0v) is 8.00. The van der Waals surface area contributed by atoms with Crippen LogP contribution in [-0.2, 0) is 14.3 Å². The van der Waals surface area contributed by atoms with Crippen molar-refractivity contribution in [1.29, 1.82) is 0 Å².